The summed E-state index contributed by atoms with van der Waals surface area (Å²) in [6.45, 7) is 0.486. The summed E-state index contributed by atoms with van der Waals surface area (Å²) >= 11 is 1.54. The molecule has 1 amide bonds. The third-order valence-corrected chi connectivity index (χ3v) is 3.52. The molecule has 0 spiro atoms. The van der Waals surface area contributed by atoms with Crippen molar-refractivity contribution >= 4 is 17.2 Å². The van der Waals surface area contributed by atoms with Crippen molar-refractivity contribution in [1.29, 1.82) is 0 Å². The minimum Gasteiger partial charge on any atom is -0.394 e. The van der Waals surface area contributed by atoms with Crippen LogP contribution in [-0.2, 0) is 11.8 Å². The number of aromatic nitrogens is 3. The number of carbonyl (C=O) groups is 1. The molecule has 2 aromatic heterocycles. The molecule has 1 unspecified atom stereocenters. The van der Waals surface area contributed by atoms with Crippen molar-refractivity contribution in [2.45, 2.75) is 6.10 Å². The van der Waals surface area contributed by atoms with Gasteiger partial charge in [-0.3, -0.25) is 9.48 Å². The van der Waals surface area contributed by atoms with Crippen LogP contribution in [0.2, 0.25) is 0 Å². The zero-order valence-corrected chi connectivity index (χ0v) is 11.8. The SMILES string of the molecule is Cn1cc(C(=O)NCC(OCCO)c2cccs2)nn1. The highest BCUT2D eigenvalue weighted by Gasteiger charge is 2.16. The van der Waals surface area contributed by atoms with Gasteiger partial charge < -0.3 is 15.2 Å². The third kappa shape index (κ3) is 3.86. The summed E-state index contributed by atoms with van der Waals surface area (Å²) in [6, 6.07) is 3.85. The maximum atomic E-state index is 11.9. The Kier molecular flexibility index (Phi) is 5.22. The standard InChI is InChI=1S/C12H16N4O3S/c1-16-8-9(14-15-16)12(18)13-7-10(19-5-4-17)11-3-2-6-20-11/h2-3,6,8,10,17H,4-5,7H2,1H3,(H,13,18). The molecule has 0 aliphatic carbocycles. The molecule has 2 rings (SSSR count). The van der Waals surface area contributed by atoms with E-state index < -0.39 is 0 Å². The molecule has 0 fully saturated rings. The van der Waals surface area contributed by atoms with Gasteiger partial charge >= 0.3 is 0 Å². The Labute approximate surface area is 120 Å². The van der Waals surface area contributed by atoms with Crippen LogP contribution in [0.15, 0.2) is 23.7 Å². The van der Waals surface area contributed by atoms with E-state index >= 15 is 0 Å². The van der Waals surface area contributed by atoms with E-state index in [0.717, 1.165) is 4.88 Å². The summed E-state index contributed by atoms with van der Waals surface area (Å²) in [6.07, 6.45) is 1.27. The second-order valence-electron chi connectivity index (χ2n) is 4.09. The molecule has 8 heteroatoms. The molecular weight excluding hydrogens is 280 g/mol. The van der Waals surface area contributed by atoms with Gasteiger partial charge in [0.25, 0.3) is 5.91 Å². The lowest BCUT2D eigenvalue weighted by Gasteiger charge is -2.16. The van der Waals surface area contributed by atoms with Gasteiger partial charge in [0.15, 0.2) is 5.69 Å². The molecule has 2 heterocycles. The summed E-state index contributed by atoms with van der Waals surface area (Å²) in [5, 5.41) is 21.0. The van der Waals surface area contributed by atoms with Crippen molar-refractivity contribution < 1.29 is 14.6 Å². The van der Waals surface area contributed by atoms with Crippen LogP contribution in [0, 0.1) is 0 Å². The Balaban J connectivity index is 1.93. The molecule has 0 radical (unpaired) electrons. The fourth-order valence-corrected chi connectivity index (χ4v) is 2.41. The summed E-state index contributed by atoms with van der Waals surface area (Å²) in [7, 11) is 1.70. The van der Waals surface area contributed by atoms with E-state index in [1.807, 2.05) is 17.5 Å². The number of aryl methyl sites for hydroxylation is 1. The molecule has 0 bridgehead atoms. The van der Waals surface area contributed by atoms with Crippen LogP contribution in [0.25, 0.3) is 0 Å². The molecule has 2 aromatic rings. The predicted octanol–water partition coefficient (Wildman–Crippen LogP) is 0.357. The van der Waals surface area contributed by atoms with Crippen LogP contribution < -0.4 is 5.32 Å². The number of hydrogen-bond donors (Lipinski definition) is 2. The lowest BCUT2D eigenvalue weighted by atomic mass is 10.3. The van der Waals surface area contributed by atoms with Crippen LogP contribution in [0.3, 0.4) is 0 Å². The fraction of sp³-hybridized carbons (Fsp3) is 0.417. The van der Waals surface area contributed by atoms with Crippen molar-refractivity contribution in [2.24, 2.45) is 7.05 Å². The van der Waals surface area contributed by atoms with E-state index in [9.17, 15) is 4.79 Å². The van der Waals surface area contributed by atoms with E-state index in [4.69, 9.17) is 9.84 Å². The monoisotopic (exact) mass is 296 g/mol. The Morgan fingerprint density at radius 2 is 2.50 bits per heavy atom. The number of ether oxygens (including phenoxy) is 1. The number of thiophene rings is 1. The smallest absolute Gasteiger partial charge is 0.273 e. The summed E-state index contributed by atoms with van der Waals surface area (Å²) in [5.74, 6) is -0.299. The number of aliphatic hydroxyl groups excluding tert-OH is 1. The number of aliphatic hydroxyl groups is 1. The lowest BCUT2D eigenvalue weighted by molar-refractivity contribution is 0.0295. The molecule has 20 heavy (non-hydrogen) atoms. The van der Waals surface area contributed by atoms with Gasteiger partial charge in [-0.1, -0.05) is 11.3 Å². The number of nitrogens with zero attached hydrogens (tertiary/aromatic N) is 3. The second-order valence-corrected chi connectivity index (χ2v) is 5.07. The first-order valence-corrected chi connectivity index (χ1v) is 6.99. The minimum atomic E-state index is -0.299. The summed E-state index contributed by atoms with van der Waals surface area (Å²) in [4.78, 5) is 12.9. The molecular formula is C12H16N4O3S. The number of amides is 1. The van der Waals surface area contributed by atoms with Gasteiger partial charge in [-0.25, -0.2) is 0 Å². The summed E-state index contributed by atoms with van der Waals surface area (Å²) < 4.78 is 7.00. The normalized spacial score (nSPS) is 12.3. The van der Waals surface area contributed by atoms with Gasteiger partial charge in [0.1, 0.15) is 6.10 Å². The molecule has 0 saturated heterocycles. The van der Waals surface area contributed by atoms with E-state index in [1.54, 1.807) is 24.6 Å². The van der Waals surface area contributed by atoms with Crippen LogP contribution in [-0.4, -0.2) is 45.8 Å². The maximum Gasteiger partial charge on any atom is 0.273 e. The zero-order chi connectivity index (χ0) is 14.4. The van der Waals surface area contributed by atoms with E-state index in [1.165, 1.54) is 4.68 Å². The summed E-state index contributed by atoms with van der Waals surface area (Å²) in [5.41, 5.74) is 0.264. The number of nitrogens with one attached hydrogen (secondary N) is 1. The molecule has 1 atom stereocenters. The fourth-order valence-electron chi connectivity index (χ4n) is 1.64. The first-order valence-electron chi connectivity index (χ1n) is 6.11. The molecule has 7 nitrogen and oxygen atoms in total. The van der Waals surface area contributed by atoms with Crippen LogP contribution >= 0.6 is 11.3 Å². The molecule has 0 aliphatic rings. The number of hydrogen-bond acceptors (Lipinski definition) is 6. The highest BCUT2D eigenvalue weighted by Crippen LogP contribution is 2.21. The van der Waals surface area contributed by atoms with Crippen molar-refractivity contribution in [3.05, 3.63) is 34.3 Å². The Hall–Kier alpha value is -1.77. The molecule has 0 saturated carbocycles. The van der Waals surface area contributed by atoms with Crippen molar-refractivity contribution in [3.63, 3.8) is 0 Å². The first kappa shape index (κ1) is 14.6. The highest BCUT2D eigenvalue weighted by molar-refractivity contribution is 7.10. The number of carbonyl (C=O) groups excluding carboxylic acids is 1. The van der Waals surface area contributed by atoms with Gasteiger partial charge in [-0.2, -0.15) is 0 Å². The highest BCUT2D eigenvalue weighted by atomic mass is 32.1. The van der Waals surface area contributed by atoms with Crippen LogP contribution in [0.1, 0.15) is 21.5 Å². The Bertz CT molecular complexity index is 541. The molecule has 2 N–H and O–H groups in total. The van der Waals surface area contributed by atoms with Gasteiger partial charge in [-0.05, 0) is 11.4 Å². The van der Waals surface area contributed by atoms with E-state index in [0.29, 0.717) is 6.54 Å². The minimum absolute atomic E-state index is 0.0556. The number of rotatable bonds is 7. The molecule has 0 aromatic carbocycles. The predicted molar refractivity (Wildman–Crippen MR) is 73.4 cm³/mol. The second kappa shape index (κ2) is 7.13. The first-order chi connectivity index (χ1) is 9.70. The van der Waals surface area contributed by atoms with Gasteiger partial charge in [-0.15, -0.1) is 16.4 Å². The van der Waals surface area contributed by atoms with Crippen LogP contribution in [0.4, 0.5) is 0 Å². The van der Waals surface area contributed by atoms with Gasteiger partial charge in [0.2, 0.25) is 0 Å². The topological polar surface area (TPSA) is 89.3 Å². The molecule has 108 valence electrons. The third-order valence-electron chi connectivity index (χ3n) is 2.55. The van der Waals surface area contributed by atoms with Gasteiger partial charge in [0.05, 0.1) is 19.4 Å². The Morgan fingerprint density at radius 1 is 1.65 bits per heavy atom. The van der Waals surface area contributed by atoms with Crippen molar-refractivity contribution in [2.75, 3.05) is 19.8 Å². The average molecular weight is 296 g/mol. The van der Waals surface area contributed by atoms with Crippen LogP contribution in [0.5, 0.6) is 0 Å². The Morgan fingerprint density at radius 3 is 3.10 bits per heavy atom. The zero-order valence-electron chi connectivity index (χ0n) is 11.0. The lowest BCUT2D eigenvalue weighted by Crippen LogP contribution is -2.30. The van der Waals surface area contributed by atoms with Crippen molar-refractivity contribution in [1.82, 2.24) is 20.3 Å². The van der Waals surface area contributed by atoms with E-state index in [2.05, 4.69) is 15.6 Å². The molecule has 0 aliphatic heterocycles. The quantitative estimate of drug-likeness (QED) is 0.770. The largest absolute Gasteiger partial charge is 0.394 e. The average Bonchev–Trinajstić information content (AvgIpc) is 3.10. The van der Waals surface area contributed by atoms with E-state index in [-0.39, 0.29) is 30.9 Å². The van der Waals surface area contributed by atoms with Crippen molar-refractivity contribution in [3.8, 4) is 0 Å². The maximum absolute atomic E-state index is 11.9. The van der Waals surface area contributed by atoms with Gasteiger partial charge in [0, 0.05) is 18.5 Å².